The van der Waals surface area contributed by atoms with Gasteiger partial charge < -0.3 is 14.3 Å². The van der Waals surface area contributed by atoms with Crippen molar-refractivity contribution in [1.82, 2.24) is 4.90 Å². The lowest BCUT2D eigenvalue weighted by atomic mass is 10.2. The van der Waals surface area contributed by atoms with Crippen LogP contribution in [-0.4, -0.2) is 48.2 Å². The van der Waals surface area contributed by atoms with Gasteiger partial charge in [0.25, 0.3) is 0 Å². The third-order valence-corrected chi connectivity index (χ3v) is 2.02. The predicted molar refractivity (Wildman–Crippen MR) is 69.6 cm³/mol. The molecule has 0 aliphatic heterocycles. The minimum absolute atomic E-state index is 0.155. The third-order valence-electron chi connectivity index (χ3n) is 2.02. The zero-order chi connectivity index (χ0) is 14.6. The molecule has 0 N–H and O–H groups in total. The van der Waals surface area contributed by atoms with Gasteiger partial charge >= 0.3 is 6.09 Å². The van der Waals surface area contributed by atoms with Gasteiger partial charge in [-0.1, -0.05) is 0 Å². The fourth-order valence-electron chi connectivity index (χ4n) is 1.05. The Labute approximate surface area is 109 Å². The van der Waals surface area contributed by atoms with Crippen LogP contribution in [0.15, 0.2) is 0 Å². The summed E-state index contributed by atoms with van der Waals surface area (Å²) in [4.78, 5) is 24.0. The highest BCUT2D eigenvalue weighted by molar-refractivity contribution is 5.73. The lowest BCUT2D eigenvalue weighted by Gasteiger charge is -2.29. The van der Waals surface area contributed by atoms with Crippen molar-refractivity contribution in [3.8, 4) is 0 Å². The summed E-state index contributed by atoms with van der Waals surface area (Å²) in [5.74, 6) is 0. The highest BCUT2D eigenvalue weighted by Crippen LogP contribution is 2.12. The van der Waals surface area contributed by atoms with Crippen LogP contribution in [0.2, 0.25) is 0 Å². The average Bonchev–Trinajstić information content (AvgIpc) is 2.13. The zero-order valence-electron chi connectivity index (χ0n) is 12.4. The van der Waals surface area contributed by atoms with Gasteiger partial charge in [-0.2, -0.15) is 0 Å². The molecule has 0 spiro atoms. The van der Waals surface area contributed by atoms with Crippen molar-refractivity contribution in [2.75, 3.05) is 13.7 Å². The minimum Gasteiger partial charge on any atom is -0.444 e. The van der Waals surface area contributed by atoms with E-state index >= 15 is 0 Å². The number of carbonyl (C=O) groups is 2. The molecule has 0 fully saturated rings. The molecule has 5 nitrogen and oxygen atoms in total. The van der Waals surface area contributed by atoms with Crippen LogP contribution in [0.1, 0.15) is 41.5 Å². The first kappa shape index (κ1) is 16.9. The molecule has 0 saturated carbocycles. The van der Waals surface area contributed by atoms with Crippen molar-refractivity contribution in [3.05, 3.63) is 0 Å². The van der Waals surface area contributed by atoms with Crippen LogP contribution in [0, 0.1) is 0 Å². The summed E-state index contributed by atoms with van der Waals surface area (Å²) < 4.78 is 10.7. The summed E-state index contributed by atoms with van der Waals surface area (Å²) in [5, 5.41) is 0. The Hall–Kier alpha value is -1.10. The van der Waals surface area contributed by atoms with E-state index in [1.165, 1.54) is 11.9 Å². The molecule has 0 aromatic rings. The zero-order valence-corrected chi connectivity index (χ0v) is 12.4. The SMILES string of the molecule is CN(C(=O)OC(C)(C)C)C(C=O)COC(C)(C)C. The summed E-state index contributed by atoms with van der Waals surface area (Å²) in [6.45, 7) is 11.2. The molecule has 1 atom stereocenters. The van der Waals surface area contributed by atoms with Gasteiger partial charge in [0.1, 0.15) is 17.9 Å². The van der Waals surface area contributed by atoms with Crippen molar-refractivity contribution in [1.29, 1.82) is 0 Å². The van der Waals surface area contributed by atoms with E-state index in [0.29, 0.717) is 6.29 Å². The van der Waals surface area contributed by atoms with E-state index in [1.807, 2.05) is 20.8 Å². The highest BCUT2D eigenvalue weighted by Gasteiger charge is 2.26. The van der Waals surface area contributed by atoms with Gasteiger partial charge in [0.2, 0.25) is 0 Å². The topological polar surface area (TPSA) is 55.8 Å². The summed E-state index contributed by atoms with van der Waals surface area (Å²) in [5.41, 5.74) is -0.931. The average molecular weight is 259 g/mol. The van der Waals surface area contributed by atoms with Crippen molar-refractivity contribution >= 4 is 12.4 Å². The molecule has 0 aliphatic rings. The maximum absolute atomic E-state index is 11.8. The second-order valence-electron chi connectivity index (χ2n) is 6.22. The van der Waals surface area contributed by atoms with Crippen LogP contribution in [0.5, 0.6) is 0 Å². The third kappa shape index (κ3) is 7.27. The number of nitrogens with zero attached hydrogens (tertiary/aromatic N) is 1. The lowest BCUT2D eigenvalue weighted by Crippen LogP contribution is -2.45. The van der Waals surface area contributed by atoms with E-state index in [-0.39, 0.29) is 12.2 Å². The Morgan fingerprint density at radius 1 is 1.17 bits per heavy atom. The van der Waals surface area contributed by atoms with Crippen LogP contribution in [0.4, 0.5) is 4.79 Å². The van der Waals surface area contributed by atoms with Gasteiger partial charge in [0.05, 0.1) is 12.2 Å². The molecule has 0 bridgehead atoms. The number of rotatable bonds is 4. The summed E-state index contributed by atoms with van der Waals surface area (Å²) in [6, 6.07) is -0.640. The molecule has 0 radical (unpaired) electrons. The van der Waals surface area contributed by atoms with E-state index in [4.69, 9.17) is 9.47 Å². The Kier molecular flexibility index (Phi) is 5.80. The second-order valence-corrected chi connectivity index (χ2v) is 6.22. The fraction of sp³-hybridized carbons (Fsp3) is 0.846. The molecular weight excluding hydrogens is 234 g/mol. The number of hydrogen-bond donors (Lipinski definition) is 0. The highest BCUT2D eigenvalue weighted by atomic mass is 16.6. The van der Waals surface area contributed by atoms with Crippen LogP contribution in [0.3, 0.4) is 0 Å². The molecule has 0 rings (SSSR count). The molecule has 1 unspecified atom stereocenters. The molecule has 0 aromatic heterocycles. The predicted octanol–water partition coefficient (Wildman–Crippen LogP) is 2.24. The Bertz CT molecular complexity index is 288. The maximum Gasteiger partial charge on any atom is 0.410 e. The van der Waals surface area contributed by atoms with Crippen molar-refractivity contribution in [2.24, 2.45) is 0 Å². The molecule has 106 valence electrons. The Morgan fingerprint density at radius 3 is 2.00 bits per heavy atom. The molecule has 0 aromatic carbocycles. The molecule has 18 heavy (non-hydrogen) atoms. The van der Waals surface area contributed by atoms with Crippen LogP contribution < -0.4 is 0 Å². The van der Waals surface area contributed by atoms with Gasteiger partial charge in [-0.15, -0.1) is 0 Å². The minimum atomic E-state index is -0.640. The Balaban J connectivity index is 4.47. The molecule has 0 aliphatic carbocycles. The molecular formula is C13H25NO4. The number of carbonyl (C=O) groups excluding carboxylic acids is 2. The molecule has 0 saturated heterocycles. The number of hydrogen-bond acceptors (Lipinski definition) is 4. The number of ether oxygens (including phenoxy) is 2. The summed E-state index contributed by atoms with van der Waals surface area (Å²) in [6.07, 6.45) is 0.160. The molecule has 5 heteroatoms. The van der Waals surface area contributed by atoms with Gasteiger partial charge in [0, 0.05) is 7.05 Å². The summed E-state index contributed by atoms with van der Waals surface area (Å²) >= 11 is 0. The van der Waals surface area contributed by atoms with Gasteiger partial charge in [-0.3, -0.25) is 4.90 Å². The fourth-order valence-corrected chi connectivity index (χ4v) is 1.05. The normalized spacial score (nSPS) is 13.9. The molecule has 1 amide bonds. The quantitative estimate of drug-likeness (QED) is 0.726. The monoisotopic (exact) mass is 259 g/mol. The second kappa shape index (κ2) is 6.18. The molecule has 0 heterocycles. The standard InChI is InChI=1S/C13H25NO4/c1-12(2,3)17-9-10(8-15)14(7)11(16)18-13(4,5)6/h8,10H,9H2,1-7H3. The van der Waals surface area contributed by atoms with Crippen molar-refractivity contribution in [3.63, 3.8) is 0 Å². The van der Waals surface area contributed by atoms with Crippen LogP contribution in [-0.2, 0) is 14.3 Å². The number of amides is 1. The van der Waals surface area contributed by atoms with Crippen molar-refractivity contribution < 1.29 is 19.1 Å². The first-order valence-corrected chi connectivity index (χ1v) is 6.01. The largest absolute Gasteiger partial charge is 0.444 e. The maximum atomic E-state index is 11.8. The number of aldehydes is 1. The van der Waals surface area contributed by atoms with E-state index in [2.05, 4.69) is 0 Å². The van der Waals surface area contributed by atoms with Gasteiger partial charge in [-0.25, -0.2) is 4.79 Å². The smallest absolute Gasteiger partial charge is 0.410 e. The van der Waals surface area contributed by atoms with Crippen LogP contribution in [0.25, 0.3) is 0 Å². The van der Waals surface area contributed by atoms with Gasteiger partial charge in [-0.05, 0) is 41.5 Å². The first-order chi connectivity index (χ1) is 7.96. The van der Waals surface area contributed by atoms with E-state index in [1.54, 1.807) is 20.8 Å². The summed E-state index contributed by atoms with van der Waals surface area (Å²) in [7, 11) is 1.53. The lowest BCUT2D eigenvalue weighted by molar-refractivity contribution is -0.116. The van der Waals surface area contributed by atoms with Gasteiger partial charge in [0.15, 0.2) is 0 Å². The number of likely N-dealkylation sites (N-methyl/N-ethyl adjacent to an activating group) is 1. The van der Waals surface area contributed by atoms with E-state index in [0.717, 1.165) is 0 Å². The Morgan fingerprint density at radius 2 is 1.67 bits per heavy atom. The van der Waals surface area contributed by atoms with Crippen molar-refractivity contribution in [2.45, 2.75) is 58.8 Å². The first-order valence-electron chi connectivity index (χ1n) is 6.01. The van der Waals surface area contributed by atoms with E-state index in [9.17, 15) is 9.59 Å². The van der Waals surface area contributed by atoms with E-state index < -0.39 is 17.7 Å². The van der Waals surface area contributed by atoms with Crippen LogP contribution >= 0.6 is 0 Å².